The number of ketones is 2. The molecule has 690 valence electrons. The molecule has 0 aromatic rings. The van der Waals surface area contributed by atoms with Gasteiger partial charge in [-0.05, 0) is 103 Å². The minimum atomic E-state index is -4.69. The number of Topliss-reactive ketones (excluding diaryl/α,β-unsaturated/α-hetero) is 2. The second-order valence-electron chi connectivity index (χ2n) is 32.4. The summed E-state index contributed by atoms with van der Waals surface area (Å²) in [5.41, 5.74) is 0. The number of carbonyl (C=O) groups is 8. The van der Waals surface area contributed by atoms with Crippen molar-refractivity contribution in [1.82, 2.24) is 21.3 Å². The van der Waals surface area contributed by atoms with Crippen LogP contribution in [0, 0.1) is 0 Å². The number of unbranched alkanes of at least 4 members (excludes halogenated alkanes) is 39. The standard InChI is InChI=1S/C92H172N4O20P2/c1-7-13-19-25-29-33-37-45-51-59-83(97)75-89(101)95-81(77-109-71-67-85(61-53-43-23-17-11-5)115-91(103)65-57-49-39-35-31-27-21-15-9-3)79-113-117(105,106)111-73-69-93-87(99)63-55-47-41-42-48-56-64-88(100)94-70-74-112-118(107,108)114-80-82(96-90(102)76-84(98)60-52-46-38-34-30-26-20-14-8-2)78-110-72-68-86(62-54-44-24-18-12-6)116-92(104)66-58-50-40-36-32-28-22-16-10-4/h35-36,39-40,81-82,85-86H,7-34,37-38,41-80H2,1-6H3,(H,93,99)(H,94,100)(H,95,101)(H,96,102)(H,105,106)(H,107,108)/b39-35+,40-36+. The fourth-order valence-electron chi connectivity index (χ4n) is 13.6. The highest BCUT2D eigenvalue weighted by Crippen LogP contribution is 2.44. The fourth-order valence-corrected chi connectivity index (χ4v) is 15.2. The first-order valence-corrected chi connectivity index (χ1v) is 50.4. The third-order valence-corrected chi connectivity index (χ3v) is 22.8. The Morgan fingerprint density at radius 2 is 0.576 bits per heavy atom. The Kier molecular flexibility index (Phi) is 80.7. The molecule has 0 saturated carbocycles. The number of hydrogen-bond acceptors (Lipinski definition) is 18. The molecule has 0 radical (unpaired) electrons. The second kappa shape index (κ2) is 83.7. The molecule has 6 atom stereocenters. The van der Waals surface area contributed by atoms with E-state index in [0.717, 1.165) is 154 Å². The predicted molar refractivity (Wildman–Crippen MR) is 474 cm³/mol. The molecule has 0 bridgehead atoms. The lowest BCUT2D eigenvalue weighted by atomic mass is 10.0. The van der Waals surface area contributed by atoms with Crippen LogP contribution in [0.2, 0.25) is 0 Å². The van der Waals surface area contributed by atoms with Crippen LogP contribution in [0.3, 0.4) is 0 Å². The number of amides is 4. The zero-order valence-corrected chi connectivity index (χ0v) is 77.0. The van der Waals surface area contributed by atoms with E-state index >= 15 is 0 Å². The van der Waals surface area contributed by atoms with E-state index in [0.29, 0.717) is 77.0 Å². The van der Waals surface area contributed by atoms with Crippen LogP contribution in [-0.4, -0.2) is 147 Å². The predicted octanol–water partition coefficient (Wildman–Crippen LogP) is 22.1. The zero-order chi connectivity index (χ0) is 86.7. The molecule has 0 aliphatic heterocycles. The summed E-state index contributed by atoms with van der Waals surface area (Å²) in [6, 6.07) is -1.86. The second-order valence-corrected chi connectivity index (χ2v) is 35.3. The molecule has 0 fully saturated rings. The van der Waals surface area contributed by atoms with Gasteiger partial charge in [0.05, 0.1) is 77.8 Å². The van der Waals surface area contributed by atoms with E-state index in [-0.39, 0.29) is 139 Å². The van der Waals surface area contributed by atoms with E-state index in [2.05, 4.69) is 87.1 Å². The maximum atomic E-state index is 13.2. The van der Waals surface area contributed by atoms with Crippen LogP contribution >= 0.6 is 15.6 Å². The molecule has 0 aromatic carbocycles. The molecular formula is C92H172N4O20P2. The Labute approximate surface area is 716 Å². The van der Waals surface area contributed by atoms with Gasteiger partial charge in [-0.15, -0.1) is 0 Å². The molecule has 0 aromatic heterocycles. The van der Waals surface area contributed by atoms with Crippen LogP contribution in [0.4, 0.5) is 0 Å². The third kappa shape index (κ3) is 80.2. The van der Waals surface area contributed by atoms with Crippen molar-refractivity contribution in [3.05, 3.63) is 24.3 Å². The Balaban J connectivity index is 5.26. The van der Waals surface area contributed by atoms with Crippen molar-refractivity contribution in [2.24, 2.45) is 0 Å². The summed E-state index contributed by atoms with van der Waals surface area (Å²) in [5, 5.41) is 10.9. The quantitative estimate of drug-likeness (QED) is 0.0108. The molecule has 6 N–H and O–H groups in total. The van der Waals surface area contributed by atoms with Crippen LogP contribution in [0.15, 0.2) is 24.3 Å². The summed E-state index contributed by atoms with van der Waals surface area (Å²) in [4.78, 5) is 125. The third-order valence-electron chi connectivity index (χ3n) is 20.8. The lowest BCUT2D eigenvalue weighted by Crippen LogP contribution is -2.42. The van der Waals surface area contributed by atoms with Crippen molar-refractivity contribution >= 4 is 62.8 Å². The molecule has 6 unspecified atom stereocenters. The van der Waals surface area contributed by atoms with Crippen LogP contribution in [0.25, 0.3) is 0 Å². The molecule has 0 rings (SSSR count). The van der Waals surface area contributed by atoms with E-state index in [1.165, 1.54) is 116 Å². The number of carbonyl (C=O) groups excluding carboxylic acids is 8. The van der Waals surface area contributed by atoms with Gasteiger partial charge in [0.25, 0.3) is 0 Å². The summed E-state index contributed by atoms with van der Waals surface area (Å²) in [5.74, 6) is -2.55. The van der Waals surface area contributed by atoms with Crippen LogP contribution in [0.5, 0.6) is 0 Å². The Morgan fingerprint density at radius 1 is 0.297 bits per heavy atom. The molecule has 0 saturated heterocycles. The molecule has 0 heterocycles. The van der Waals surface area contributed by atoms with Crippen LogP contribution < -0.4 is 21.3 Å². The maximum Gasteiger partial charge on any atom is 0.472 e. The lowest BCUT2D eigenvalue weighted by Gasteiger charge is -2.22. The van der Waals surface area contributed by atoms with Crippen molar-refractivity contribution in [1.29, 1.82) is 0 Å². The van der Waals surface area contributed by atoms with Crippen molar-refractivity contribution in [2.75, 3.05) is 65.9 Å². The number of ether oxygens (including phenoxy) is 4. The average Bonchev–Trinajstić information content (AvgIpc) is 0.908. The molecular weight excluding hydrogens is 1540 g/mol. The molecule has 0 aliphatic carbocycles. The highest BCUT2D eigenvalue weighted by Gasteiger charge is 2.28. The molecule has 0 spiro atoms. The lowest BCUT2D eigenvalue weighted by molar-refractivity contribution is -0.151. The molecule has 0 aliphatic rings. The smallest absolute Gasteiger partial charge is 0.462 e. The number of phosphoric acid groups is 2. The van der Waals surface area contributed by atoms with E-state index in [4.69, 9.17) is 37.0 Å². The van der Waals surface area contributed by atoms with Gasteiger partial charge in [0.1, 0.15) is 23.8 Å². The number of esters is 2. The van der Waals surface area contributed by atoms with Gasteiger partial charge in [0.2, 0.25) is 23.6 Å². The highest BCUT2D eigenvalue weighted by atomic mass is 31.2. The number of hydrogen-bond donors (Lipinski definition) is 6. The number of phosphoric ester groups is 2. The van der Waals surface area contributed by atoms with Crippen molar-refractivity contribution in [3.63, 3.8) is 0 Å². The van der Waals surface area contributed by atoms with Gasteiger partial charge in [-0.3, -0.25) is 56.5 Å². The van der Waals surface area contributed by atoms with Gasteiger partial charge in [-0.25, -0.2) is 9.13 Å². The van der Waals surface area contributed by atoms with E-state index in [9.17, 15) is 57.3 Å². The summed E-state index contributed by atoms with van der Waals surface area (Å²) in [7, 11) is -9.38. The first-order valence-electron chi connectivity index (χ1n) is 47.4. The van der Waals surface area contributed by atoms with Gasteiger partial charge in [0.15, 0.2) is 0 Å². The van der Waals surface area contributed by atoms with Gasteiger partial charge in [0, 0.05) is 64.5 Å². The highest BCUT2D eigenvalue weighted by molar-refractivity contribution is 7.47. The topological polar surface area (TPSA) is 333 Å². The summed E-state index contributed by atoms with van der Waals surface area (Å²) in [6.07, 6.45) is 60.5. The summed E-state index contributed by atoms with van der Waals surface area (Å²) >= 11 is 0. The average molecular weight is 1720 g/mol. The fraction of sp³-hybridized carbons (Fsp3) is 0.870. The van der Waals surface area contributed by atoms with Gasteiger partial charge >= 0.3 is 27.6 Å². The minimum Gasteiger partial charge on any atom is -0.462 e. The zero-order valence-electron chi connectivity index (χ0n) is 75.3. The summed E-state index contributed by atoms with van der Waals surface area (Å²) in [6.45, 7) is 11.5. The number of nitrogens with one attached hydrogen (secondary N) is 4. The van der Waals surface area contributed by atoms with E-state index in [1.807, 2.05) is 0 Å². The van der Waals surface area contributed by atoms with Gasteiger partial charge in [-0.2, -0.15) is 0 Å². The molecule has 26 heteroatoms. The Bertz CT molecular complexity index is 2450. The Hall–Kier alpha value is -4.22. The number of allylic oxidation sites excluding steroid dienone is 4. The van der Waals surface area contributed by atoms with E-state index < -0.39 is 52.8 Å². The molecule has 24 nitrogen and oxygen atoms in total. The first-order chi connectivity index (χ1) is 57.2. The summed E-state index contributed by atoms with van der Waals surface area (Å²) < 4.78 is 71.2. The van der Waals surface area contributed by atoms with Crippen LogP contribution in [-0.2, 0) is 84.5 Å². The minimum absolute atomic E-state index is 0.0668. The normalized spacial score (nSPS) is 13.7. The number of rotatable bonds is 91. The largest absolute Gasteiger partial charge is 0.472 e. The van der Waals surface area contributed by atoms with Crippen molar-refractivity contribution in [2.45, 2.75) is 451 Å². The molecule has 118 heavy (non-hydrogen) atoms. The first kappa shape index (κ1) is 114. The molecule has 4 amide bonds. The Morgan fingerprint density at radius 3 is 0.898 bits per heavy atom. The van der Waals surface area contributed by atoms with Gasteiger partial charge in [-0.1, -0.05) is 284 Å². The van der Waals surface area contributed by atoms with Gasteiger partial charge < -0.3 is 50.0 Å². The monoisotopic (exact) mass is 1720 g/mol. The maximum absolute atomic E-state index is 13.2. The van der Waals surface area contributed by atoms with Crippen LogP contribution in [0.1, 0.15) is 427 Å². The van der Waals surface area contributed by atoms with E-state index in [1.54, 1.807) is 0 Å². The van der Waals surface area contributed by atoms with Crippen molar-refractivity contribution < 1.29 is 94.3 Å². The van der Waals surface area contributed by atoms with Crippen molar-refractivity contribution in [3.8, 4) is 0 Å². The SMILES string of the molecule is CCCCCC/C=C/CCCC(=O)OC(CCCCCCC)CCOCC(COP(=O)(O)OCCNC(=O)CCCCCCCCC(=O)NCCOP(=O)(O)OCC(COCCC(CCCCCCC)OC(=O)CCC/C=C/CCCCCC)NC(=O)CC(=O)CCCCCCCCCCC)NC(=O)CC(=O)CCCCCCCCCCC.